The summed E-state index contributed by atoms with van der Waals surface area (Å²) >= 11 is 0. The number of hydrogen-bond acceptors (Lipinski definition) is 3. The molecule has 0 heterocycles. The van der Waals surface area contributed by atoms with Gasteiger partial charge in [-0.1, -0.05) is 12.1 Å². The van der Waals surface area contributed by atoms with Crippen LogP contribution in [0.15, 0.2) is 29.2 Å². The highest BCUT2D eigenvalue weighted by molar-refractivity contribution is 7.89. The third-order valence-corrected chi connectivity index (χ3v) is 2.89. The molecule has 0 aliphatic carbocycles. The number of phenols is 1. The molecule has 1 aromatic rings. The van der Waals surface area contributed by atoms with E-state index < -0.39 is 10.0 Å². The highest BCUT2D eigenvalue weighted by Crippen LogP contribution is 2.20. The van der Waals surface area contributed by atoms with Gasteiger partial charge in [0.15, 0.2) is 0 Å². The van der Waals surface area contributed by atoms with Crippen LogP contribution < -0.4 is 4.72 Å². The quantitative estimate of drug-likeness (QED) is 0.699. The van der Waals surface area contributed by atoms with E-state index in [4.69, 9.17) is 5.11 Å². The largest absolute Gasteiger partial charge is 0.507 e. The molecular weight excluding hydrogens is 178 g/mol. The van der Waals surface area contributed by atoms with Gasteiger partial charge in [0.2, 0.25) is 10.0 Å². The lowest BCUT2D eigenvalue weighted by Gasteiger charge is -2.03. The van der Waals surface area contributed by atoms with Crippen molar-refractivity contribution in [3.63, 3.8) is 0 Å². The Labute approximate surface area is 70.9 Å². The third kappa shape index (κ3) is 1.57. The van der Waals surface area contributed by atoms with Gasteiger partial charge < -0.3 is 5.11 Å². The zero-order valence-electron chi connectivity index (χ0n) is 6.48. The summed E-state index contributed by atoms with van der Waals surface area (Å²) in [7, 11) is -2.24. The number of benzene rings is 1. The summed E-state index contributed by atoms with van der Waals surface area (Å²) in [5.74, 6) is -0.244. The van der Waals surface area contributed by atoms with Crippen LogP contribution in [-0.2, 0) is 10.0 Å². The van der Waals surface area contributed by atoms with Crippen molar-refractivity contribution in [1.82, 2.24) is 4.72 Å². The molecule has 0 amide bonds. The van der Waals surface area contributed by atoms with Crippen LogP contribution in [0.1, 0.15) is 0 Å². The van der Waals surface area contributed by atoms with Crippen LogP contribution in [0.5, 0.6) is 5.75 Å². The van der Waals surface area contributed by atoms with Crippen LogP contribution in [0.25, 0.3) is 0 Å². The van der Waals surface area contributed by atoms with Gasteiger partial charge in [0, 0.05) is 0 Å². The van der Waals surface area contributed by atoms with Crippen LogP contribution in [-0.4, -0.2) is 20.6 Å². The third-order valence-electron chi connectivity index (χ3n) is 1.42. The second kappa shape index (κ2) is 3.12. The van der Waals surface area contributed by atoms with Crippen LogP contribution in [0.3, 0.4) is 0 Å². The van der Waals surface area contributed by atoms with E-state index in [0.29, 0.717) is 0 Å². The highest BCUT2D eigenvalue weighted by Gasteiger charge is 2.14. The molecule has 0 atom stereocenters. The molecule has 0 spiro atoms. The number of rotatable bonds is 2. The molecule has 2 N–H and O–H groups in total. The monoisotopic (exact) mass is 187 g/mol. The molecule has 0 saturated heterocycles. The molecule has 0 unspecified atom stereocenters. The summed E-state index contributed by atoms with van der Waals surface area (Å²) < 4.78 is 24.4. The minimum Gasteiger partial charge on any atom is -0.507 e. The number of nitrogens with one attached hydrogen (secondary N) is 1. The summed E-state index contributed by atoms with van der Waals surface area (Å²) in [6.45, 7) is 0. The van der Waals surface area contributed by atoms with E-state index in [1.54, 1.807) is 12.1 Å². The normalized spacial score (nSPS) is 11.4. The second-order valence-corrected chi connectivity index (χ2v) is 4.03. The Kier molecular flexibility index (Phi) is 2.35. The van der Waals surface area contributed by atoms with Gasteiger partial charge in [-0.2, -0.15) is 0 Å². The number of para-hydroxylation sites is 1. The van der Waals surface area contributed by atoms with Gasteiger partial charge in [0.1, 0.15) is 10.6 Å². The van der Waals surface area contributed by atoms with Gasteiger partial charge in [-0.3, -0.25) is 0 Å². The first-order valence-corrected chi connectivity index (χ1v) is 4.78. The van der Waals surface area contributed by atoms with Crippen molar-refractivity contribution >= 4 is 10.0 Å². The average Bonchev–Trinajstić information content (AvgIpc) is 2.05. The molecule has 4 nitrogen and oxygen atoms in total. The lowest BCUT2D eigenvalue weighted by atomic mass is 10.3. The second-order valence-electron chi connectivity index (χ2n) is 2.18. The highest BCUT2D eigenvalue weighted by atomic mass is 32.2. The van der Waals surface area contributed by atoms with Crippen molar-refractivity contribution in [2.24, 2.45) is 0 Å². The summed E-state index contributed by atoms with van der Waals surface area (Å²) in [5.41, 5.74) is 0. The first-order valence-electron chi connectivity index (χ1n) is 3.29. The predicted octanol–water partition coefficient (Wildman–Crippen LogP) is 0.300. The molecular formula is C7H9NO3S. The van der Waals surface area contributed by atoms with Crippen molar-refractivity contribution < 1.29 is 13.5 Å². The van der Waals surface area contributed by atoms with E-state index in [2.05, 4.69) is 4.72 Å². The molecule has 0 saturated carbocycles. The molecule has 5 heteroatoms. The van der Waals surface area contributed by atoms with Gasteiger partial charge in [-0.15, -0.1) is 0 Å². The fourth-order valence-corrected chi connectivity index (χ4v) is 1.62. The van der Waals surface area contributed by atoms with E-state index >= 15 is 0 Å². The Bertz CT molecular complexity index is 372. The lowest BCUT2D eigenvalue weighted by molar-refractivity contribution is 0.458. The van der Waals surface area contributed by atoms with E-state index in [1.807, 2.05) is 0 Å². The van der Waals surface area contributed by atoms with Crippen LogP contribution >= 0.6 is 0 Å². The van der Waals surface area contributed by atoms with Gasteiger partial charge in [0.25, 0.3) is 0 Å². The predicted molar refractivity (Wildman–Crippen MR) is 44.4 cm³/mol. The molecule has 66 valence electrons. The molecule has 12 heavy (non-hydrogen) atoms. The Morgan fingerprint density at radius 1 is 1.33 bits per heavy atom. The van der Waals surface area contributed by atoms with Crippen molar-refractivity contribution in [2.45, 2.75) is 4.90 Å². The van der Waals surface area contributed by atoms with E-state index in [-0.39, 0.29) is 10.6 Å². The molecule has 0 aromatic heterocycles. The minimum absolute atomic E-state index is 0.104. The van der Waals surface area contributed by atoms with Crippen LogP contribution in [0, 0.1) is 0 Å². The number of sulfonamides is 1. The number of aromatic hydroxyl groups is 1. The van der Waals surface area contributed by atoms with Crippen LogP contribution in [0.4, 0.5) is 0 Å². The topological polar surface area (TPSA) is 66.4 Å². The lowest BCUT2D eigenvalue weighted by Crippen LogP contribution is -2.18. The van der Waals surface area contributed by atoms with Gasteiger partial charge in [-0.25, -0.2) is 13.1 Å². The molecule has 0 aliphatic heterocycles. The smallest absolute Gasteiger partial charge is 0.243 e. The van der Waals surface area contributed by atoms with Crippen molar-refractivity contribution in [2.75, 3.05) is 7.05 Å². The Balaban J connectivity index is 3.30. The molecule has 0 radical (unpaired) electrons. The molecule has 1 aromatic carbocycles. The van der Waals surface area contributed by atoms with E-state index in [1.165, 1.54) is 19.2 Å². The Morgan fingerprint density at radius 2 is 1.92 bits per heavy atom. The number of phenolic OH excluding ortho intramolecular Hbond substituents is 1. The fraction of sp³-hybridized carbons (Fsp3) is 0.143. The first kappa shape index (κ1) is 9.02. The maximum atomic E-state index is 11.2. The summed E-state index contributed by atoms with van der Waals surface area (Å²) in [4.78, 5) is -0.104. The maximum Gasteiger partial charge on any atom is 0.243 e. The van der Waals surface area contributed by atoms with E-state index in [9.17, 15) is 8.42 Å². The average molecular weight is 187 g/mol. The summed E-state index contributed by atoms with van der Waals surface area (Å²) in [5, 5.41) is 9.16. The number of hydrogen-bond donors (Lipinski definition) is 2. The fourth-order valence-electron chi connectivity index (χ4n) is 0.794. The molecule has 0 fully saturated rings. The zero-order valence-corrected chi connectivity index (χ0v) is 7.30. The Hall–Kier alpha value is -1.07. The van der Waals surface area contributed by atoms with Crippen molar-refractivity contribution in [3.8, 4) is 5.75 Å². The molecule has 0 bridgehead atoms. The maximum absolute atomic E-state index is 11.2. The summed E-state index contributed by atoms with van der Waals surface area (Å²) in [6.07, 6.45) is 0. The van der Waals surface area contributed by atoms with Crippen molar-refractivity contribution in [3.05, 3.63) is 24.3 Å². The van der Waals surface area contributed by atoms with Gasteiger partial charge >= 0.3 is 0 Å². The SMILES string of the molecule is CNS(=O)(=O)c1ccccc1O. The van der Waals surface area contributed by atoms with Crippen LogP contribution in [0.2, 0.25) is 0 Å². The summed E-state index contributed by atoms with van der Waals surface area (Å²) in [6, 6.07) is 5.76. The van der Waals surface area contributed by atoms with E-state index in [0.717, 1.165) is 0 Å². The first-order chi connectivity index (χ1) is 5.58. The van der Waals surface area contributed by atoms with Gasteiger partial charge in [-0.05, 0) is 19.2 Å². The molecule has 1 rings (SSSR count). The minimum atomic E-state index is -3.53. The standard InChI is InChI=1S/C7H9NO3S/c1-8-12(10,11)7-5-3-2-4-6(7)9/h2-5,8-9H,1H3. The zero-order chi connectivity index (χ0) is 9.19. The Morgan fingerprint density at radius 3 is 2.42 bits per heavy atom. The molecule has 0 aliphatic rings. The van der Waals surface area contributed by atoms with Crippen molar-refractivity contribution in [1.29, 1.82) is 0 Å². The van der Waals surface area contributed by atoms with Gasteiger partial charge in [0.05, 0.1) is 0 Å².